The summed E-state index contributed by atoms with van der Waals surface area (Å²) in [6.07, 6.45) is 7.31. The van der Waals surface area contributed by atoms with Crippen LogP contribution < -0.4 is 0 Å². The summed E-state index contributed by atoms with van der Waals surface area (Å²) in [7, 11) is 0. The van der Waals surface area contributed by atoms with E-state index in [1.807, 2.05) is 36.7 Å². The Bertz CT molecular complexity index is 436. The van der Waals surface area contributed by atoms with E-state index >= 15 is 0 Å². The lowest BCUT2D eigenvalue weighted by Gasteiger charge is -2.18. The van der Waals surface area contributed by atoms with Crippen molar-refractivity contribution in [3.8, 4) is 0 Å². The van der Waals surface area contributed by atoms with E-state index in [0.29, 0.717) is 0 Å². The highest BCUT2D eigenvalue weighted by atomic mass is 15.1. The van der Waals surface area contributed by atoms with Crippen LogP contribution in [0.1, 0.15) is 11.5 Å². The number of nitrogens with zero attached hydrogens (tertiary/aromatic N) is 3. The van der Waals surface area contributed by atoms with E-state index in [9.17, 15) is 0 Å². The molecule has 2 rings (SSSR count). The van der Waals surface area contributed by atoms with Crippen LogP contribution in [0.25, 0.3) is 0 Å². The number of rotatable bonds is 6. The topological polar surface area (TPSA) is 44.8 Å². The van der Waals surface area contributed by atoms with Gasteiger partial charge in [-0.05, 0) is 12.1 Å². The van der Waals surface area contributed by atoms with Crippen molar-refractivity contribution in [3.63, 3.8) is 0 Å². The first-order valence-electron chi connectivity index (χ1n) is 5.60. The number of aromatic amines is 1. The second-order valence-corrected chi connectivity index (χ2v) is 3.82. The van der Waals surface area contributed by atoms with E-state index < -0.39 is 0 Å². The van der Waals surface area contributed by atoms with Crippen LogP contribution in [-0.4, -0.2) is 26.4 Å². The minimum absolute atomic E-state index is 0.773. The Morgan fingerprint density at radius 1 is 1.24 bits per heavy atom. The van der Waals surface area contributed by atoms with Crippen molar-refractivity contribution in [1.82, 2.24) is 19.9 Å². The average molecular weight is 228 g/mol. The second kappa shape index (κ2) is 5.96. The molecule has 17 heavy (non-hydrogen) atoms. The number of H-pyrrole nitrogens is 1. The highest BCUT2D eigenvalue weighted by molar-refractivity contribution is 5.04. The molecular formula is C13H16N4. The molecule has 0 unspecified atom stereocenters. The third-order valence-electron chi connectivity index (χ3n) is 2.43. The lowest BCUT2D eigenvalue weighted by atomic mass is 10.3. The normalized spacial score (nSPS) is 10.6. The maximum Gasteiger partial charge on any atom is 0.120 e. The number of pyridine rings is 1. The van der Waals surface area contributed by atoms with Gasteiger partial charge in [-0.15, -0.1) is 6.58 Å². The van der Waals surface area contributed by atoms with Gasteiger partial charge >= 0.3 is 0 Å². The predicted molar refractivity (Wildman–Crippen MR) is 67.1 cm³/mol. The molecule has 4 nitrogen and oxygen atoms in total. The largest absolute Gasteiger partial charge is 0.348 e. The van der Waals surface area contributed by atoms with Crippen LogP contribution in [0.4, 0.5) is 0 Å². The first-order chi connectivity index (χ1) is 8.38. The first-order valence-corrected chi connectivity index (χ1v) is 5.60. The Hall–Kier alpha value is -1.94. The Labute approximate surface area is 101 Å². The highest BCUT2D eigenvalue weighted by Crippen LogP contribution is 2.05. The van der Waals surface area contributed by atoms with Crippen molar-refractivity contribution in [1.29, 1.82) is 0 Å². The summed E-state index contributed by atoms with van der Waals surface area (Å²) in [6.45, 7) is 6.17. The third-order valence-corrected chi connectivity index (χ3v) is 2.43. The monoisotopic (exact) mass is 228 g/mol. The lowest BCUT2D eigenvalue weighted by molar-refractivity contribution is 0.276. The summed E-state index contributed by atoms with van der Waals surface area (Å²) < 4.78 is 0. The Morgan fingerprint density at radius 3 is 2.82 bits per heavy atom. The van der Waals surface area contributed by atoms with Gasteiger partial charge in [0, 0.05) is 31.7 Å². The summed E-state index contributed by atoms with van der Waals surface area (Å²) in [6, 6.07) is 5.95. The zero-order valence-electron chi connectivity index (χ0n) is 9.71. The summed E-state index contributed by atoms with van der Waals surface area (Å²) in [5, 5.41) is 0. The standard InChI is InChI=1S/C13H16N4/c1-2-9-17(11-13-15-7-8-16-13)10-12-5-3-4-6-14-12/h2-8H,1,9-11H2,(H,15,16). The molecule has 0 aliphatic rings. The van der Waals surface area contributed by atoms with Crippen molar-refractivity contribution in [3.05, 3.63) is 61.0 Å². The molecule has 2 aromatic heterocycles. The van der Waals surface area contributed by atoms with Gasteiger partial charge in [0.15, 0.2) is 0 Å². The molecule has 2 aromatic rings. The van der Waals surface area contributed by atoms with Crippen LogP contribution >= 0.6 is 0 Å². The summed E-state index contributed by atoms with van der Waals surface area (Å²) in [5.41, 5.74) is 1.06. The van der Waals surface area contributed by atoms with Crippen molar-refractivity contribution in [2.24, 2.45) is 0 Å². The Balaban J connectivity index is 2.00. The van der Waals surface area contributed by atoms with E-state index in [2.05, 4.69) is 26.4 Å². The van der Waals surface area contributed by atoms with Gasteiger partial charge in [0.1, 0.15) is 5.82 Å². The molecule has 0 spiro atoms. The van der Waals surface area contributed by atoms with E-state index in [1.54, 1.807) is 6.20 Å². The van der Waals surface area contributed by atoms with Gasteiger partial charge in [-0.1, -0.05) is 12.1 Å². The molecule has 88 valence electrons. The molecule has 2 heterocycles. The van der Waals surface area contributed by atoms with Crippen molar-refractivity contribution >= 4 is 0 Å². The molecule has 0 atom stereocenters. The van der Waals surface area contributed by atoms with E-state index in [0.717, 1.165) is 31.2 Å². The Morgan fingerprint density at radius 2 is 2.18 bits per heavy atom. The molecule has 0 aromatic carbocycles. The molecule has 0 fully saturated rings. The molecule has 0 amide bonds. The average Bonchev–Trinajstić information content (AvgIpc) is 2.83. The van der Waals surface area contributed by atoms with Gasteiger partial charge in [-0.3, -0.25) is 9.88 Å². The number of hydrogen-bond donors (Lipinski definition) is 1. The van der Waals surface area contributed by atoms with Crippen molar-refractivity contribution in [2.45, 2.75) is 13.1 Å². The molecule has 0 bridgehead atoms. The van der Waals surface area contributed by atoms with E-state index in [1.165, 1.54) is 0 Å². The predicted octanol–water partition coefficient (Wildman–Crippen LogP) is 1.99. The van der Waals surface area contributed by atoms with Gasteiger partial charge in [0.05, 0.1) is 12.2 Å². The first kappa shape index (κ1) is 11.5. The SMILES string of the molecule is C=CCN(Cc1ccccn1)Cc1ncc[nH]1. The highest BCUT2D eigenvalue weighted by Gasteiger charge is 2.07. The number of nitrogens with one attached hydrogen (secondary N) is 1. The quantitative estimate of drug-likeness (QED) is 0.769. The minimum atomic E-state index is 0.773. The summed E-state index contributed by atoms with van der Waals surface area (Å²) in [4.78, 5) is 13.9. The molecule has 0 aliphatic heterocycles. The smallest absolute Gasteiger partial charge is 0.120 e. The maximum absolute atomic E-state index is 4.32. The van der Waals surface area contributed by atoms with Gasteiger partial charge in [0.2, 0.25) is 0 Å². The van der Waals surface area contributed by atoms with Gasteiger partial charge < -0.3 is 4.98 Å². The molecule has 0 saturated carbocycles. The second-order valence-electron chi connectivity index (χ2n) is 3.82. The lowest BCUT2D eigenvalue weighted by Crippen LogP contribution is -2.23. The molecular weight excluding hydrogens is 212 g/mol. The summed E-state index contributed by atoms with van der Waals surface area (Å²) >= 11 is 0. The van der Waals surface area contributed by atoms with Crippen molar-refractivity contribution < 1.29 is 0 Å². The summed E-state index contributed by atoms with van der Waals surface area (Å²) in [5.74, 6) is 0.961. The van der Waals surface area contributed by atoms with Crippen LogP contribution in [-0.2, 0) is 13.1 Å². The van der Waals surface area contributed by atoms with Gasteiger partial charge in [-0.25, -0.2) is 4.98 Å². The van der Waals surface area contributed by atoms with Crippen LogP contribution in [0.2, 0.25) is 0 Å². The number of aromatic nitrogens is 3. The third kappa shape index (κ3) is 3.53. The van der Waals surface area contributed by atoms with Crippen molar-refractivity contribution in [2.75, 3.05) is 6.54 Å². The number of hydrogen-bond acceptors (Lipinski definition) is 3. The van der Waals surface area contributed by atoms with Gasteiger partial charge in [-0.2, -0.15) is 0 Å². The molecule has 0 aliphatic carbocycles. The fraction of sp³-hybridized carbons (Fsp3) is 0.231. The van der Waals surface area contributed by atoms with Crippen LogP contribution in [0.3, 0.4) is 0 Å². The maximum atomic E-state index is 4.32. The van der Waals surface area contributed by atoms with Crippen LogP contribution in [0.5, 0.6) is 0 Å². The fourth-order valence-electron chi connectivity index (χ4n) is 1.68. The molecule has 4 heteroatoms. The van der Waals surface area contributed by atoms with E-state index in [-0.39, 0.29) is 0 Å². The molecule has 0 radical (unpaired) electrons. The fourth-order valence-corrected chi connectivity index (χ4v) is 1.68. The number of imidazole rings is 1. The zero-order valence-corrected chi connectivity index (χ0v) is 9.71. The zero-order chi connectivity index (χ0) is 11.9. The van der Waals surface area contributed by atoms with Crippen LogP contribution in [0.15, 0.2) is 49.4 Å². The Kier molecular flexibility index (Phi) is 4.05. The van der Waals surface area contributed by atoms with E-state index in [4.69, 9.17) is 0 Å². The molecule has 1 N–H and O–H groups in total. The van der Waals surface area contributed by atoms with Crippen LogP contribution in [0, 0.1) is 0 Å². The minimum Gasteiger partial charge on any atom is -0.348 e. The molecule has 0 saturated heterocycles. The van der Waals surface area contributed by atoms with Gasteiger partial charge in [0.25, 0.3) is 0 Å².